The van der Waals surface area contributed by atoms with Gasteiger partial charge in [-0.05, 0) is 47.1 Å². The number of ether oxygens (including phenoxy) is 1. The Labute approximate surface area is 161 Å². The van der Waals surface area contributed by atoms with Gasteiger partial charge in [0.15, 0.2) is 0 Å². The number of rotatable bonds is 5. The van der Waals surface area contributed by atoms with Crippen LogP contribution in [0, 0.1) is 0 Å². The van der Waals surface area contributed by atoms with Crippen LogP contribution in [0.1, 0.15) is 17.3 Å². The van der Waals surface area contributed by atoms with Gasteiger partial charge in [-0.2, -0.15) is 0 Å². The second kappa shape index (κ2) is 7.43. The van der Waals surface area contributed by atoms with Crippen LogP contribution in [0.25, 0.3) is 0 Å². The van der Waals surface area contributed by atoms with E-state index in [1.165, 1.54) is 16.7 Å². The third-order valence-corrected chi connectivity index (χ3v) is 7.31. The van der Waals surface area contributed by atoms with Crippen molar-refractivity contribution in [1.82, 2.24) is 4.90 Å². The first kappa shape index (κ1) is 18.3. The van der Waals surface area contributed by atoms with E-state index >= 15 is 0 Å². The number of carboxylic acid groups (broad SMARTS) is 1. The Morgan fingerprint density at radius 3 is 2.88 bits per heavy atom. The van der Waals surface area contributed by atoms with Gasteiger partial charge in [0, 0.05) is 15.1 Å². The number of carboxylic acids is 1. The van der Waals surface area contributed by atoms with Crippen LogP contribution in [0.15, 0.2) is 39.3 Å². The summed E-state index contributed by atoms with van der Waals surface area (Å²) in [4.78, 5) is 37.5. The number of hydrogen-bond donors (Lipinski definition) is 1. The zero-order valence-electron chi connectivity index (χ0n) is 13.1. The van der Waals surface area contributed by atoms with E-state index in [4.69, 9.17) is 4.74 Å². The molecule has 1 amide bonds. The van der Waals surface area contributed by atoms with Crippen LogP contribution in [-0.4, -0.2) is 50.8 Å². The van der Waals surface area contributed by atoms with Gasteiger partial charge in [-0.15, -0.1) is 23.5 Å². The molecule has 0 spiro atoms. The van der Waals surface area contributed by atoms with Gasteiger partial charge in [-0.25, -0.2) is 9.59 Å². The molecule has 2 aliphatic heterocycles. The minimum atomic E-state index is -1.08. The summed E-state index contributed by atoms with van der Waals surface area (Å²) in [5, 5.41) is 8.66. The van der Waals surface area contributed by atoms with Crippen LogP contribution >= 0.6 is 39.5 Å². The molecule has 1 N–H and O–H groups in total. The summed E-state index contributed by atoms with van der Waals surface area (Å²) >= 11 is 6.33. The summed E-state index contributed by atoms with van der Waals surface area (Å²) in [6.45, 7) is 2.05. The van der Waals surface area contributed by atoms with Crippen molar-refractivity contribution in [3.05, 3.63) is 40.0 Å². The van der Waals surface area contributed by atoms with Crippen molar-refractivity contribution >= 4 is 57.3 Å². The van der Waals surface area contributed by atoms with Crippen LogP contribution in [0.2, 0.25) is 0 Å². The topological polar surface area (TPSA) is 83.9 Å². The summed E-state index contributed by atoms with van der Waals surface area (Å²) in [6.07, 6.45) is 1.56. The van der Waals surface area contributed by atoms with Gasteiger partial charge >= 0.3 is 11.9 Å². The Balaban J connectivity index is 1.74. The molecule has 2 aliphatic rings. The highest BCUT2D eigenvalue weighted by Crippen LogP contribution is 2.46. The van der Waals surface area contributed by atoms with Gasteiger partial charge in [-0.3, -0.25) is 9.69 Å². The second-order valence-electron chi connectivity index (χ2n) is 5.23. The van der Waals surface area contributed by atoms with E-state index in [0.717, 1.165) is 4.90 Å². The van der Waals surface area contributed by atoms with E-state index in [9.17, 15) is 19.5 Å². The van der Waals surface area contributed by atoms with Gasteiger partial charge in [0.25, 0.3) is 0 Å². The molecule has 1 unspecified atom stereocenters. The number of nitrogens with zero attached hydrogens (tertiary/aromatic N) is 1. The maximum Gasteiger partial charge on any atom is 0.352 e. The smallest absolute Gasteiger partial charge is 0.352 e. The number of halogens is 1. The molecular weight excluding hydrogens is 430 g/mol. The number of β-lactam (4-membered cyclic amide) rings is 1. The lowest BCUT2D eigenvalue weighted by Gasteiger charge is -2.47. The molecule has 6 nitrogen and oxygen atoms in total. The number of benzene rings is 1. The highest BCUT2D eigenvalue weighted by Gasteiger charge is 2.52. The van der Waals surface area contributed by atoms with Crippen molar-refractivity contribution in [1.29, 1.82) is 0 Å². The van der Waals surface area contributed by atoms with E-state index < -0.39 is 11.9 Å². The largest absolute Gasteiger partial charge is 0.477 e. The van der Waals surface area contributed by atoms with E-state index in [1.807, 2.05) is 0 Å². The van der Waals surface area contributed by atoms with Crippen LogP contribution in [-0.2, 0) is 14.3 Å². The summed E-state index contributed by atoms with van der Waals surface area (Å²) in [5.74, 6) is -1.13. The lowest BCUT2D eigenvalue weighted by molar-refractivity contribution is -0.145. The van der Waals surface area contributed by atoms with Gasteiger partial charge in [0.2, 0.25) is 5.91 Å². The highest BCUT2D eigenvalue weighted by molar-refractivity contribution is 9.10. The van der Waals surface area contributed by atoms with Crippen molar-refractivity contribution in [2.24, 2.45) is 0 Å². The maximum absolute atomic E-state index is 12.4. The van der Waals surface area contributed by atoms with Gasteiger partial charge in [-0.1, -0.05) is 0 Å². The molecule has 132 valence electrons. The van der Waals surface area contributed by atoms with Crippen molar-refractivity contribution in [3.63, 3.8) is 0 Å². The molecule has 1 saturated heterocycles. The molecule has 0 aliphatic carbocycles. The average molecular weight is 444 g/mol. The Morgan fingerprint density at radius 2 is 2.24 bits per heavy atom. The monoisotopic (exact) mass is 443 g/mol. The molecule has 25 heavy (non-hydrogen) atoms. The number of thioether (sulfide) groups is 2. The van der Waals surface area contributed by atoms with E-state index in [2.05, 4.69) is 15.9 Å². The maximum atomic E-state index is 12.4. The normalized spacial score (nSPS) is 21.9. The highest BCUT2D eigenvalue weighted by atomic mass is 79.9. The van der Waals surface area contributed by atoms with E-state index in [-0.39, 0.29) is 22.2 Å². The van der Waals surface area contributed by atoms with E-state index in [1.54, 1.807) is 43.0 Å². The molecule has 1 aromatic carbocycles. The fraction of sp³-hybridized carbons (Fsp3) is 0.312. The molecule has 1 aromatic rings. The SMILES string of the molecule is CCOC(=O)c1ccc(SC2C(=O)N3C(C(=O)O)=CCS[C@@H]23)c(Br)c1. The fourth-order valence-corrected chi connectivity index (χ4v) is 5.77. The Morgan fingerprint density at radius 1 is 1.48 bits per heavy atom. The third kappa shape index (κ3) is 3.45. The minimum Gasteiger partial charge on any atom is -0.477 e. The van der Waals surface area contributed by atoms with Crippen molar-refractivity contribution in [2.75, 3.05) is 12.4 Å². The molecule has 1 fully saturated rings. The summed E-state index contributed by atoms with van der Waals surface area (Å²) in [6, 6.07) is 5.08. The van der Waals surface area contributed by atoms with Crippen LogP contribution in [0.3, 0.4) is 0 Å². The number of fused-ring (bicyclic) bond motifs is 1. The lowest BCUT2D eigenvalue weighted by Crippen LogP contribution is -2.62. The Bertz CT molecular complexity index is 782. The average Bonchev–Trinajstić information content (AvgIpc) is 2.59. The van der Waals surface area contributed by atoms with Crippen LogP contribution < -0.4 is 0 Å². The number of aliphatic carboxylic acids is 1. The first-order valence-electron chi connectivity index (χ1n) is 7.45. The van der Waals surface area contributed by atoms with Crippen LogP contribution in [0.5, 0.6) is 0 Å². The predicted octanol–water partition coefficient (Wildman–Crippen LogP) is 2.97. The van der Waals surface area contributed by atoms with Crippen LogP contribution in [0.4, 0.5) is 0 Å². The number of hydrogen-bond acceptors (Lipinski definition) is 6. The summed E-state index contributed by atoms with van der Waals surface area (Å²) < 4.78 is 5.66. The first-order valence-corrected chi connectivity index (χ1v) is 10.2. The molecule has 3 rings (SSSR count). The van der Waals surface area contributed by atoms with Gasteiger partial charge < -0.3 is 9.84 Å². The molecule has 0 radical (unpaired) electrons. The molecule has 2 atom stereocenters. The fourth-order valence-electron chi connectivity index (χ4n) is 2.55. The Hall–Kier alpha value is -1.45. The van der Waals surface area contributed by atoms with Crippen molar-refractivity contribution in [3.8, 4) is 0 Å². The zero-order chi connectivity index (χ0) is 18.1. The van der Waals surface area contributed by atoms with Crippen molar-refractivity contribution in [2.45, 2.75) is 22.4 Å². The summed E-state index contributed by atoms with van der Waals surface area (Å²) in [5.41, 5.74) is 0.491. The number of amides is 1. The zero-order valence-corrected chi connectivity index (χ0v) is 16.3. The summed E-state index contributed by atoms with van der Waals surface area (Å²) in [7, 11) is 0. The van der Waals surface area contributed by atoms with Gasteiger partial charge in [0.05, 0.1) is 12.2 Å². The lowest BCUT2D eigenvalue weighted by atomic mass is 10.1. The molecule has 9 heteroatoms. The number of carbonyl (C=O) groups excluding carboxylic acids is 2. The van der Waals surface area contributed by atoms with E-state index in [0.29, 0.717) is 22.4 Å². The first-order chi connectivity index (χ1) is 11.9. The quantitative estimate of drug-likeness (QED) is 0.552. The predicted molar refractivity (Wildman–Crippen MR) is 98.6 cm³/mol. The molecule has 0 saturated carbocycles. The number of esters is 1. The minimum absolute atomic E-state index is 0.0577. The standard InChI is InChI=1S/C16H14BrNO5S2/c1-2-23-16(22)8-3-4-11(9(17)7-8)25-12-13(19)18-10(15(20)21)5-6-24-14(12)18/h3-5,7,12,14H,2,6H2,1H3,(H,20,21)/t12?,14-/m0/s1. The molecule has 0 bridgehead atoms. The Kier molecular flexibility index (Phi) is 5.45. The number of carbonyl (C=O) groups is 3. The second-order valence-corrected chi connectivity index (χ2v) is 8.42. The third-order valence-electron chi connectivity index (χ3n) is 3.71. The van der Waals surface area contributed by atoms with Crippen molar-refractivity contribution < 1.29 is 24.2 Å². The molecule has 2 heterocycles. The molecular formula is C16H14BrNO5S2. The molecule has 0 aromatic heterocycles. The van der Waals surface area contributed by atoms with Gasteiger partial charge in [0.1, 0.15) is 16.3 Å².